The molecule has 0 spiro atoms. The van der Waals surface area contributed by atoms with Crippen molar-refractivity contribution < 1.29 is 38.0 Å². The van der Waals surface area contributed by atoms with Crippen LogP contribution < -0.4 is 9.64 Å². The number of phenols is 1. The van der Waals surface area contributed by atoms with E-state index in [0.717, 1.165) is 19.4 Å². The number of pyridine rings is 1. The van der Waals surface area contributed by atoms with Gasteiger partial charge in [0.05, 0.1) is 36.8 Å². The van der Waals surface area contributed by atoms with Crippen molar-refractivity contribution in [2.24, 2.45) is 0 Å². The summed E-state index contributed by atoms with van der Waals surface area (Å²) in [4.78, 5) is 17.4. The van der Waals surface area contributed by atoms with Gasteiger partial charge in [0.25, 0.3) is 0 Å². The second-order valence-corrected chi connectivity index (χ2v) is 13.3. The highest BCUT2D eigenvalue weighted by atomic mass is 19.1. The van der Waals surface area contributed by atoms with Gasteiger partial charge in [-0.3, -0.25) is 9.88 Å². The number of β-amino-alcohol motifs (C(OH)–C–C–N with tert-alkyl or cyclic N) is 1. The van der Waals surface area contributed by atoms with Gasteiger partial charge in [-0.15, -0.1) is 0 Å². The van der Waals surface area contributed by atoms with Crippen molar-refractivity contribution in [2.45, 2.75) is 62.9 Å². The van der Waals surface area contributed by atoms with Crippen LogP contribution >= 0.6 is 0 Å². The zero-order valence-electron chi connectivity index (χ0n) is 26.3. The lowest BCUT2D eigenvalue weighted by Crippen LogP contribution is -2.44. The van der Waals surface area contributed by atoms with Crippen molar-refractivity contribution in [2.75, 3.05) is 50.9 Å². The van der Waals surface area contributed by atoms with Crippen molar-refractivity contribution >= 4 is 27.5 Å². The SMILES string of the molecule is CCc1c(F)ccc2cc(O)cc(-c3ncc4c(N5CC(CO)OCC(C)(O)C5)nc(OCC56CCCN5CC(F)C6)nc4c3F)c12. The Kier molecular flexibility index (Phi) is 8.14. The van der Waals surface area contributed by atoms with Crippen LogP contribution in [0.25, 0.3) is 32.9 Å². The van der Waals surface area contributed by atoms with Crippen LogP contribution in [0.5, 0.6) is 11.8 Å². The van der Waals surface area contributed by atoms with Gasteiger partial charge in [0.15, 0.2) is 5.82 Å². The number of phenolic OH excluding ortho intramolecular Hbond substituents is 1. The summed E-state index contributed by atoms with van der Waals surface area (Å²) in [5.74, 6) is -1.22. The molecule has 2 aromatic carbocycles. The van der Waals surface area contributed by atoms with Crippen molar-refractivity contribution in [3.63, 3.8) is 0 Å². The molecule has 2 aromatic heterocycles. The molecule has 13 heteroatoms. The molecule has 0 aliphatic carbocycles. The van der Waals surface area contributed by atoms with E-state index in [4.69, 9.17) is 9.47 Å². The van der Waals surface area contributed by atoms with Gasteiger partial charge in [-0.1, -0.05) is 13.0 Å². The number of aromatic hydroxyl groups is 1. The van der Waals surface area contributed by atoms with Crippen molar-refractivity contribution in [3.05, 3.63) is 47.7 Å². The Morgan fingerprint density at radius 3 is 2.79 bits per heavy atom. The summed E-state index contributed by atoms with van der Waals surface area (Å²) < 4.78 is 58.3. The number of hydrogen-bond donors (Lipinski definition) is 3. The van der Waals surface area contributed by atoms with Crippen LogP contribution in [0, 0.1) is 11.6 Å². The lowest BCUT2D eigenvalue weighted by Gasteiger charge is -2.31. The number of rotatable bonds is 7. The van der Waals surface area contributed by atoms with E-state index in [2.05, 4.69) is 19.9 Å². The zero-order chi connectivity index (χ0) is 33.1. The number of benzene rings is 2. The quantitative estimate of drug-likeness (QED) is 0.266. The molecule has 3 aliphatic rings. The Morgan fingerprint density at radius 2 is 2.00 bits per heavy atom. The summed E-state index contributed by atoms with van der Waals surface area (Å²) in [5.41, 5.74) is -1.57. The van der Waals surface area contributed by atoms with Gasteiger partial charge in [-0.05, 0) is 67.3 Å². The second-order valence-electron chi connectivity index (χ2n) is 13.3. The average molecular weight is 654 g/mol. The number of nitrogens with zero attached hydrogens (tertiary/aromatic N) is 5. The summed E-state index contributed by atoms with van der Waals surface area (Å²) in [6, 6.07) is 5.55. The fourth-order valence-electron chi connectivity index (χ4n) is 7.58. The molecular weight excluding hydrogens is 615 g/mol. The molecule has 0 saturated carbocycles. The zero-order valence-corrected chi connectivity index (χ0v) is 26.3. The van der Waals surface area contributed by atoms with Crippen LogP contribution in [-0.2, 0) is 11.2 Å². The van der Waals surface area contributed by atoms with E-state index in [0.29, 0.717) is 35.7 Å². The first-order valence-corrected chi connectivity index (χ1v) is 16.0. The topological polar surface area (TPSA) is 124 Å². The van der Waals surface area contributed by atoms with E-state index >= 15 is 4.39 Å². The maximum atomic E-state index is 16.9. The third-order valence-corrected chi connectivity index (χ3v) is 9.72. The molecule has 4 aromatic rings. The largest absolute Gasteiger partial charge is 0.508 e. The van der Waals surface area contributed by atoms with Gasteiger partial charge in [0.1, 0.15) is 47.0 Å². The fraction of sp³-hybridized carbons (Fsp3) is 0.500. The Labute approximate surface area is 269 Å². The summed E-state index contributed by atoms with van der Waals surface area (Å²) in [7, 11) is 0. The van der Waals surface area contributed by atoms with Gasteiger partial charge < -0.3 is 29.7 Å². The van der Waals surface area contributed by atoms with Crippen LogP contribution in [0.15, 0.2) is 30.5 Å². The van der Waals surface area contributed by atoms with E-state index in [1.807, 2.05) is 0 Å². The van der Waals surface area contributed by atoms with E-state index in [1.54, 1.807) is 18.7 Å². The maximum Gasteiger partial charge on any atom is 0.319 e. The smallest absolute Gasteiger partial charge is 0.319 e. The van der Waals surface area contributed by atoms with Crippen LogP contribution in [-0.4, -0.2) is 105 Å². The lowest BCUT2D eigenvalue weighted by atomic mass is 9.94. The summed E-state index contributed by atoms with van der Waals surface area (Å²) >= 11 is 0. The molecule has 250 valence electrons. The van der Waals surface area contributed by atoms with Crippen molar-refractivity contribution in [3.8, 4) is 23.0 Å². The van der Waals surface area contributed by atoms with Crippen molar-refractivity contribution in [1.29, 1.82) is 0 Å². The minimum absolute atomic E-state index is 0.0377. The lowest BCUT2D eigenvalue weighted by molar-refractivity contribution is -0.0528. The molecule has 0 bridgehead atoms. The molecule has 5 heterocycles. The molecule has 0 amide bonds. The minimum Gasteiger partial charge on any atom is -0.508 e. The van der Waals surface area contributed by atoms with Gasteiger partial charge in [0, 0.05) is 31.3 Å². The van der Waals surface area contributed by atoms with Crippen LogP contribution in [0.1, 0.15) is 38.7 Å². The highest BCUT2D eigenvalue weighted by Crippen LogP contribution is 2.42. The molecule has 4 unspecified atom stereocenters. The Hall–Kier alpha value is -3.78. The van der Waals surface area contributed by atoms with Gasteiger partial charge in [-0.25, -0.2) is 13.2 Å². The van der Waals surface area contributed by atoms with Crippen molar-refractivity contribution in [1.82, 2.24) is 19.9 Å². The predicted molar refractivity (Wildman–Crippen MR) is 169 cm³/mol. The van der Waals surface area contributed by atoms with E-state index in [9.17, 15) is 24.1 Å². The second kappa shape index (κ2) is 12.0. The molecule has 3 N–H and O–H groups in total. The Bertz CT molecular complexity index is 1840. The molecule has 7 rings (SSSR count). The number of aryl methyl sites for hydroxylation is 1. The number of fused-ring (bicyclic) bond motifs is 3. The van der Waals surface area contributed by atoms with E-state index in [1.165, 1.54) is 30.5 Å². The van der Waals surface area contributed by atoms with Gasteiger partial charge in [-0.2, -0.15) is 9.97 Å². The monoisotopic (exact) mass is 653 g/mol. The third kappa shape index (κ3) is 5.73. The minimum atomic E-state index is -1.33. The first-order chi connectivity index (χ1) is 22.5. The highest BCUT2D eigenvalue weighted by molar-refractivity contribution is 6.01. The molecular formula is C34H38F3N5O5. The fourth-order valence-corrected chi connectivity index (χ4v) is 7.58. The molecule has 4 atom stereocenters. The maximum absolute atomic E-state index is 16.9. The van der Waals surface area contributed by atoms with Crippen LogP contribution in [0.2, 0.25) is 0 Å². The van der Waals surface area contributed by atoms with E-state index < -0.39 is 35.1 Å². The number of ether oxygens (including phenoxy) is 2. The molecule has 0 radical (unpaired) electrons. The number of halogens is 3. The summed E-state index contributed by atoms with van der Waals surface area (Å²) in [6.07, 6.45) is 2.08. The summed E-state index contributed by atoms with van der Waals surface area (Å²) in [6.45, 7) is 4.39. The molecule has 3 saturated heterocycles. The normalized spacial score (nSPS) is 26.7. The van der Waals surface area contributed by atoms with Gasteiger partial charge >= 0.3 is 6.01 Å². The number of alkyl halides is 1. The van der Waals surface area contributed by atoms with Crippen LogP contribution in [0.3, 0.4) is 0 Å². The number of aliphatic hydroxyl groups excluding tert-OH is 1. The number of hydrogen-bond acceptors (Lipinski definition) is 10. The number of aliphatic hydroxyl groups is 2. The molecule has 3 fully saturated rings. The van der Waals surface area contributed by atoms with Gasteiger partial charge in [0.2, 0.25) is 0 Å². The van der Waals surface area contributed by atoms with E-state index in [-0.39, 0.29) is 72.6 Å². The first kappa shape index (κ1) is 31.8. The average Bonchev–Trinajstić information content (AvgIpc) is 3.51. The Morgan fingerprint density at radius 1 is 1.17 bits per heavy atom. The number of anilines is 1. The molecule has 47 heavy (non-hydrogen) atoms. The standard InChI is InChI=1S/C34H38F3N5O5/c1-3-23-26(36)6-5-19-9-21(44)10-24(27(19)23)29-28(37)30-25(12-38-29)31(41-14-22(15-43)46-17-33(2,45)16-41)40-32(39-30)47-18-34-7-4-8-42(34)13-20(35)11-34/h5-6,9-10,12,20,22,43-45H,3-4,7-8,11,13-18H2,1-2H3. The highest BCUT2D eigenvalue weighted by Gasteiger charge is 2.49. The third-order valence-electron chi connectivity index (χ3n) is 9.72. The first-order valence-electron chi connectivity index (χ1n) is 16.0. The predicted octanol–water partition coefficient (Wildman–Crippen LogP) is 4.29. The molecule has 10 nitrogen and oxygen atoms in total. The van der Waals surface area contributed by atoms with Crippen LogP contribution in [0.4, 0.5) is 19.0 Å². The summed E-state index contributed by atoms with van der Waals surface area (Å²) in [5, 5.41) is 32.8. The molecule has 3 aliphatic heterocycles. The Balaban J connectivity index is 1.40. The number of aromatic nitrogens is 3.